The maximum Gasteiger partial charge on any atom is 0.270 e. The monoisotopic (exact) mass is 341 g/mol. The molecule has 1 heterocycles. The van der Waals surface area contributed by atoms with E-state index in [1.54, 1.807) is 6.07 Å². The van der Waals surface area contributed by atoms with Crippen LogP contribution in [0.25, 0.3) is 0 Å². The van der Waals surface area contributed by atoms with Crippen molar-refractivity contribution in [2.24, 2.45) is 0 Å². The standard InChI is InChI=1S/C19H27N5O/c1-6-24(7-2)15-8-9-16(14(5)10-15)23-18-11-17(20-12-21-18)19(25)22-13(3)4/h8-13H,6-7H2,1-5H3,(H,22,25)(H,20,21,23). The van der Waals surface area contributed by atoms with Gasteiger partial charge in [-0.05, 0) is 58.4 Å². The number of hydrogen-bond donors (Lipinski definition) is 2. The Labute approximate surface area is 149 Å². The number of amides is 1. The van der Waals surface area contributed by atoms with Crippen LogP contribution in [0.4, 0.5) is 17.2 Å². The Balaban J connectivity index is 2.18. The first-order valence-electron chi connectivity index (χ1n) is 8.70. The molecule has 0 aliphatic heterocycles. The lowest BCUT2D eigenvalue weighted by Crippen LogP contribution is -2.30. The van der Waals surface area contributed by atoms with Gasteiger partial charge in [0.15, 0.2) is 0 Å². The summed E-state index contributed by atoms with van der Waals surface area (Å²) in [4.78, 5) is 22.6. The van der Waals surface area contributed by atoms with Crippen LogP contribution >= 0.6 is 0 Å². The van der Waals surface area contributed by atoms with Crippen molar-refractivity contribution in [3.05, 3.63) is 41.9 Å². The molecule has 2 aromatic rings. The predicted octanol–water partition coefficient (Wildman–Crippen LogP) is 3.51. The van der Waals surface area contributed by atoms with Crippen molar-refractivity contribution in [3.63, 3.8) is 0 Å². The molecule has 1 aromatic heterocycles. The summed E-state index contributed by atoms with van der Waals surface area (Å²) in [5.74, 6) is 0.400. The summed E-state index contributed by atoms with van der Waals surface area (Å²) in [7, 11) is 0. The number of aryl methyl sites for hydroxylation is 1. The van der Waals surface area contributed by atoms with Crippen molar-refractivity contribution in [3.8, 4) is 0 Å². The summed E-state index contributed by atoms with van der Waals surface area (Å²) in [6.07, 6.45) is 1.40. The van der Waals surface area contributed by atoms with E-state index in [-0.39, 0.29) is 11.9 Å². The van der Waals surface area contributed by atoms with E-state index in [0.717, 1.165) is 24.3 Å². The number of carbonyl (C=O) groups is 1. The van der Waals surface area contributed by atoms with Crippen LogP contribution in [0.15, 0.2) is 30.6 Å². The molecule has 0 fully saturated rings. The van der Waals surface area contributed by atoms with E-state index in [0.29, 0.717) is 11.5 Å². The summed E-state index contributed by atoms with van der Waals surface area (Å²) in [5, 5.41) is 6.11. The Morgan fingerprint density at radius 3 is 2.48 bits per heavy atom. The van der Waals surface area contributed by atoms with E-state index in [9.17, 15) is 4.79 Å². The van der Waals surface area contributed by atoms with E-state index in [1.165, 1.54) is 12.0 Å². The largest absolute Gasteiger partial charge is 0.372 e. The van der Waals surface area contributed by atoms with Crippen LogP contribution in [0.3, 0.4) is 0 Å². The van der Waals surface area contributed by atoms with Crippen molar-refractivity contribution in [2.45, 2.75) is 40.7 Å². The average Bonchev–Trinajstić information content (AvgIpc) is 2.58. The van der Waals surface area contributed by atoms with E-state index >= 15 is 0 Å². The minimum Gasteiger partial charge on any atom is -0.372 e. The van der Waals surface area contributed by atoms with E-state index in [1.807, 2.05) is 19.9 Å². The highest BCUT2D eigenvalue weighted by Gasteiger charge is 2.11. The number of nitrogens with one attached hydrogen (secondary N) is 2. The summed E-state index contributed by atoms with van der Waals surface area (Å²) < 4.78 is 0. The zero-order chi connectivity index (χ0) is 18.4. The highest BCUT2D eigenvalue weighted by atomic mass is 16.1. The van der Waals surface area contributed by atoms with Gasteiger partial charge in [0.05, 0.1) is 0 Å². The molecule has 6 nitrogen and oxygen atoms in total. The Morgan fingerprint density at radius 2 is 1.88 bits per heavy atom. The number of hydrogen-bond acceptors (Lipinski definition) is 5. The van der Waals surface area contributed by atoms with Crippen molar-refractivity contribution in [1.82, 2.24) is 15.3 Å². The van der Waals surface area contributed by atoms with Crippen LogP contribution < -0.4 is 15.5 Å². The van der Waals surface area contributed by atoms with Gasteiger partial charge in [-0.15, -0.1) is 0 Å². The fourth-order valence-electron chi connectivity index (χ4n) is 2.60. The van der Waals surface area contributed by atoms with Crippen LogP contribution in [0.5, 0.6) is 0 Å². The van der Waals surface area contributed by atoms with Gasteiger partial charge < -0.3 is 15.5 Å². The van der Waals surface area contributed by atoms with Crippen molar-refractivity contribution >= 4 is 23.1 Å². The van der Waals surface area contributed by atoms with Gasteiger partial charge in [-0.1, -0.05) is 0 Å². The molecule has 1 amide bonds. The number of anilines is 3. The third-order valence-electron chi connectivity index (χ3n) is 3.92. The molecule has 134 valence electrons. The summed E-state index contributed by atoms with van der Waals surface area (Å²) >= 11 is 0. The molecule has 0 radical (unpaired) electrons. The third kappa shape index (κ3) is 4.92. The van der Waals surface area contributed by atoms with Gasteiger partial charge in [-0.2, -0.15) is 0 Å². The topological polar surface area (TPSA) is 70.2 Å². The van der Waals surface area contributed by atoms with Crippen molar-refractivity contribution < 1.29 is 4.79 Å². The first kappa shape index (κ1) is 18.7. The Morgan fingerprint density at radius 1 is 1.16 bits per heavy atom. The van der Waals surface area contributed by atoms with Gasteiger partial charge >= 0.3 is 0 Å². The smallest absolute Gasteiger partial charge is 0.270 e. The fourth-order valence-corrected chi connectivity index (χ4v) is 2.60. The normalized spacial score (nSPS) is 10.6. The maximum atomic E-state index is 12.1. The lowest BCUT2D eigenvalue weighted by molar-refractivity contribution is 0.0938. The molecule has 1 aromatic carbocycles. The molecule has 0 spiro atoms. The molecule has 25 heavy (non-hydrogen) atoms. The third-order valence-corrected chi connectivity index (χ3v) is 3.92. The second kappa shape index (κ2) is 8.46. The molecule has 0 aliphatic carbocycles. The number of aromatic nitrogens is 2. The second-order valence-electron chi connectivity index (χ2n) is 6.21. The summed E-state index contributed by atoms with van der Waals surface area (Å²) in [6.45, 7) is 12.1. The van der Waals surface area contributed by atoms with Gasteiger partial charge in [0, 0.05) is 36.6 Å². The van der Waals surface area contributed by atoms with Crippen LogP contribution in [0, 0.1) is 6.92 Å². The zero-order valence-electron chi connectivity index (χ0n) is 15.6. The van der Waals surface area contributed by atoms with Crippen molar-refractivity contribution in [2.75, 3.05) is 23.3 Å². The Hall–Kier alpha value is -2.63. The Bertz CT molecular complexity index is 726. The van der Waals surface area contributed by atoms with Crippen LogP contribution in [-0.2, 0) is 0 Å². The van der Waals surface area contributed by atoms with Crippen LogP contribution in [0.2, 0.25) is 0 Å². The number of nitrogens with zero attached hydrogens (tertiary/aromatic N) is 3. The second-order valence-corrected chi connectivity index (χ2v) is 6.21. The molecule has 0 unspecified atom stereocenters. The molecule has 0 aliphatic rings. The quantitative estimate of drug-likeness (QED) is 0.806. The first-order chi connectivity index (χ1) is 11.9. The van der Waals surface area contributed by atoms with Gasteiger partial charge in [-0.25, -0.2) is 9.97 Å². The minimum absolute atomic E-state index is 0.0636. The molecule has 2 rings (SSSR count). The lowest BCUT2D eigenvalue weighted by atomic mass is 10.1. The van der Waals surface area contributed by atoms with E-state index in [4.69, 9.17) is 0 Å². The average molecular weight is 341 g/mol. The lowest BCUT2D eigenvalue weighted by Gasteiger charge is -2.22. The number of carbonyl (C=O) groups excluding carboxylic acids is 1. The van der Waals surface area contributed by atoms with Gasteiger partial charge in [0.1, 0.15) is 17.8 Å². The maximum absolute atomic E-state index is 12.1. The molecular formula is C19H27N5O. The van der Waals surface area contributed by atoms with Gasteiger partial charge in [-0.3, -0.25) is 4.79 Å². The van der Waals surface area contributed by atoms with Crippen LogP contribution in [-0.4, -0.2) is 35.0 Å². The van der Waals surface area contributed by atoms with Gasteiger partial charge in [0.2, 0.25) is 0 Å². The summed E-state index contributed by atoms with van der Waals surface area (Å²) in [5.41, 5.74) is 3.64. The fraction of sp³-hybridized carbons (Fsp3) is 0.421. The first-order valence-corrected chi connectivity index (χ1v) is 8.70. The van der Waals surface area contributed by atoms with E-state index < -0.39 is 0 Å². The highest BCUT2D eigenvalue weighted by Crippen LogP contribution is 2.25. The summed E-state index contributed by atoms with van der Waals surface area (Å²) in [6, 6.07) is 8.02. The number of benzene rings is 1. The molecule has 0 saturated carbocycles. The molecule has 0 atom stereocenters. The van der Waals surface area contributed by atoms with Crippen LogP contribution in [0.1, 0.15) is 43.7 Å². The molecular weight excluding hydrogens is 314 g/mol. The zero-order valence-corrected chi connectivity index (χ0v) is 15.6. The van der Waals surface area contributed by atoms with Gasteiger partial charge in [0.25, 0.3) is 5.91 Å². The molecule has 0 bridgehead atoms. The molecule has 6 heteroatoms. The predicted molar refractivity (Wildman–Crippen MR) is 103 cm³/mol. The number of rotatable bonds is 7. The highest BCUT2D eigenvalue weighted by molar-refractivity contribution is 5.93. The van der Waals surface area contributed by atoms with E-state index in [2.05, 4.69) is 58.4 Å². The van der Waals surface area contributed by atoms with Crippen molar-refractivity contribution in [1.29, 1.82) is 0 Å². The Kier molecular flexibility index (Phi) is 6.33. The molecule has 2 N–H and O–H groups in total. The minimum atomic E-state index is -0.200. The SMILES string of the molecule is CCN(CC)c1ccc(Nc2cc(C(=O)NC(C)C)ncn2)c(C)c1. The molecule has 0 saturated heterocycles.